The van der Waals surface area contributed by atoms with Crippen molar-refractivity contribution in [2.45, 2.75) is 0 Å². The molecule has 0 radical (unpaired) electrons. The SMILES string of the molecule is c1cc2c(n1)ncc1c[nH+]c[nH]c12. The van der Waals surface area contributed by atoms with E-state index in [0.29, 0.717) is 0 Å². The van der Waals surface area contributed by atoms with Crippen molar-refractivity contribution in [1.82, 2.24) is 15.0 Å². The van der Waals surface area contributed by atoms with Gasteiger partial charge in [0.05, 0.1) is 10.8 Å². The fourth-order valence-corrected chi connectivity index (χ4v) is 1.49. The van der Waals surface area contributed by atoms with Gasteiger partial charge in [-0.25, -0.2) is 15.0 Å². The van der Waals surface area contributed by atoms with Gasteiger partial charge in [-0.15, -0.1) is 0 Å². The van der Waals surface area contributed by atoms with Crippen molar-refractivity contribution in [3.8, 4) is 0 Å². The monoisotopic (exact) mass is 171 g/mol. The lowest BCUT2D eigenvalue weighted by Crippen LogP contribution is -2.00. The van der Waals surface area contributed by atoms with Crippen LogP contribution in [0, 0.1) is 0 Å². The van der Waals surface area contributed by atoms with Crippen molar-refractivity contribution in [2.24, 2.45) is 0 Å². The third-order valence-electron chi connectivity index (χ3n) is 2.10. The first-order valence-corrected chi connectivity index (χ1v) is 4.03. The zero-order valence-corrected chi connectivity index (χ0v) is 6.78. The predicted octanol–water partition coefficient (Wildman–Crippen LogP) is 0.925. The van der Waals surface area contributed by atoms with Crippen molar-refractivity contribution >= 4 is 21.9 Å². The summed E-state index contributed by atoms with van der Waals surface area (Å²) in [4.78, 5) is 14.5. The van der Waals surface area contributed by atoms with Crippen LogP contribution in [-0.4, -0.2) is 15.0 Å². The van der Waals surface area contributed by atoms with Gasteiger partial charge in [-0.1, -0.05) is 0 Å². The Balaban J connectivity index is 2.65. The third kappa shape index (κ3) is 0.823. The first-order chi connectivity index (χ1) is 6.45. The van der Waals surface area contributed by atoms with E-state index >= 15 is 0 Å². The molecule has 0 spiro atoms. The molecule has 13 heavy (non-hydrogen) atoms. The molecule has 0 atom stereocenters. The molecule has 62 valence electrons. The molecule has 3 aromatic heterocycles. The first-order valence-electron chi connectivity index (χ1n) is 4.03. The topological polar surface area (TPSA) is 55.7 Å². The zero-order chi connectivity index (χ0) is 8.67. The molecule has 0 bridgehead atoms. The summed E-state index contributed by atoms with van der Waals surface area (Å²) in [6.07, 6.45) is 7.26. The van der Waals surface area contributed by atoms with E-state index in [4.69, 9.17) is 0 Å². The number of nitrogens with one attached hydrogen (secondary N) is 2. The van der Waals surface area contributed by atoms with Gasteiger partial charge in [-0.2, -0.15) is 0 Å². The molecular weight excluding hydrogens is 164 g/mol. The number of nitrogens with zero attached hydrogens (tertiary/aromatic N) is 2. The van der Waals surface area contributed by atoms with Crippen LogP contribution >= 0.6 is 0 Å². The molecule has 0 aliphatic heterocycles. The van der Waals surface area contributed by atoms with E-state index in [1.165, 1.54) is 0 Å². The van der Waals surface area contributed by atoms with Crippen LogP contribution in [0.3, 0.4) is 0 Å². The smallest absolute Gasteiger partial charge is 0.239 e. The number of rotatable bonds is 0. The average molecular weight is 171 g/mol. The van der Waals surface area contributed by atoms with E-state index < -0.39 is 0 Å². The fraction of sp³-hybridized carbons (Fsp3) is 0. The van der Waals surface area contributed by atoms with Crippen molar-refractivity contribution in [3.63, 3.8) is 0 Å². The van der Waals surface area contributed by atoms with Crippen LogP contribution in [0.25, 0.3) is 21.9 Å². The van der Waals surface area contributed by atoms with Crippen molar-refractivity contribution < 1.29 is 4.98 Å². The van der Waals surface area contributed by atoms with Gasteiger partial charge in [0.25, 0.3) is 0 Å². The Hall–Kier alpha value is -1.97. The summed E-state index contributed by atoms with van der Waals surface area (Å²) in [5.74, 6) is 0. The second-order valence-electron chi connectivity index (χ2n) is 2.87. The maximum Gasteiger partial charge on any atom is 0.239 e. The molecule has 0 unspecified atom stereocenters. The molecule has 0 amide bonds. The van der Waals surface area contributed by atoms with Crippen LogP contribution < -0.4 is 4.98 Å². The molecule has 0 aliphatic carbocycles. The minimum Gasteiger partial charge on any atom is -0.253 e. The van der Waals surface area contributed by atoms with Crippen LogP contribution in [-0.2, 0) is 0 Å². The van der Waals surface area contributed by atoms with E-state index in [9.17, 15) is 0 Å². The molecule has 0 saturated carbocycles. The highest BCUT2D eigenvalue weighted by Crippen LogP contribution is 2.18. The summed E-state index contributed by atoms with van der Waals surface area (Å²) in [6.45, 7) is 0. The molecule has 3 heterocycles. The summed E-state index contributed by atoms with van der Waals surface area (Å²) in [5.41, 5.74) is 1.86. The number of aromatic amines is 2. The van der Waals surface area contributed by atoms with Crippen LogP contribution in [0.1, 0.15) is 0 Å². The highest BCUT2D eigenvalue weighted by Gasteiger charge is 2.05. The largest absolute Gasteiger partial charge is 0.253 e. The number of H-pyrrole nitrogens is 2. The van der Waals surface area contributed by atoms with E-state index in [-0.39, 0.29) is 0 Å². The van der Waals surface area contributed by atoms with Crippen LogP contribution in [0.4, 0.5) is 0 Å². The van der Waals surface area contributed by atoms with Gasteiger partial charge in [0.15, 0.2) is 5.65 Å². The summed E-state index contributed by atoms with van der Waals surface area (Å²) in [5, 5.41) is 2.12. The molecular formula is C9H7N4+. The van der Waals surface area contributed by atoms with Crippen molar-refractivity contribution in [3.05, 3.63) is 31.0 Å². The minimum atomic E-state index is 0.787. The number of fused-ring (bicyclic) bond motifs is 3. The average Bonchev–Trinajstić information content (AvgIpc) is 2.65. The quantitative estimate of drug-likeness (QED) is 0.547. The highest BCUT2D eigenvalue weighted by atomic mass is 14.9. The third-order valence-corrected chi connectivity index (χ3v) is 2.10. The van der Waals surface area contributed by atoms with Crippen LogP contribution in [0.15, 0.2) is 31.0 Å². The van der Waals surface area contributed by atoms with E-state index in [0.717, 1.165) is 21.9 Å². The van der Waals surface area contributed by atoms with Crippen molar-refractivity contribution in [1.29, 1.82) is 0 Å². The normalized spacial score (nSPS) is 11.1. The number of hydrogen-bond donors (Lipinski definition) is 1. The van der Waals surface area contributed by atoms with Gasteiger partial charge < -0.3 is 0 Å². The van der Waals surface area contributed by atoms with E-state index in [2.05, 4.69) is 19.9 Å². The molecule has 3 rings (SSSR count). The molecule has 0 saturated heterocycles. The van der Waals surface area contributed by atoms with E-state index in [1.807, 2.05) is 12.3 Å². The van der Waals surface area contributed by atoms with Gasteiger partial charge >= 0.3 is 0 Å². The minimum absolute atomic E-state index is 0.787. The Bertz CT molecular complexity index is 570. The molecule has 0 fully saturated rings. The number of aromatic nitrogens is 4. The first kappa shape index (κ1) is 6.54. The summed E-state index contributed by atoms with van der Waals surface area (Å²) in [7, 11) is 0. The van der Waals surface area contributed by atoms with E-state index in [1.54, 1.807) is 18.7 Å². The number of hydrogen-bond acceptors (Lipinski definition) is 2. The Morgan fingerprint density at radius 3 is 3.31 bits per heavy atom. The lowest BCUT2D eigenvalue weighted by molar-refractivity contribution is -0.380. The molecule has 2 N–H and O–H groups in total. The Morgan fingerprint density at radius 2 is 2.31 bits per heavy atom. The molecule has 4 heteroatoms. The maximum atomic E-state index is 4.22. The predicted molar refractivity (Wildman–Crippen MR) is 48.0 cm³/mol. The zero-order valence-electron chi connectivity index (χ0n) is 6.78. The van der Waals surface area contributed by atoms with Gasteiger partial charge in [0.1, 0.15) is 11.7 Å². The second kappa shape index (κ2) is 2.26. The summed E-state index contributed by atoms with van der Waals surface area (Å²) >= 11 is 0. The van der Waals surface area contributed by atoms with Gasteiger partial charge in [0, 0.05) is 12.4 Å². The van der Waals surface area contributed by atoms with Crippen molar-refractivity contribution in [2.75, 3.05) is 0 Å². The summed E-state index contributed by atoms with van der Waals surface area (Å²) in [6, 6.07) is 1.96. The Kier molecular flexibility index (Phi) is 1.14. The lowest BCUT2D eigenvalue weighted by Gasteiger charge is -1.92. The summed E-state index contributed by atoms with van der Waals surface area (Å²) < 4.78 is 0. The fourth-order valence-electron chi connectivity index (χ4n) is 1.49. The van der Waals surface area contributed by atoms with Crippen LogP contribution in [0.2, 0.25) is 0 Å². The van der Waals surface area contributed by atoms with Crippen LogP contribution in [0.5, 0.6) is 0 Å². The highest BCUT2D eigenvalue weighted by molar-refractivity contribution is 6.00. The Morgan fingerprint density at radius 1 is 1.31 bits per heavy atom. The Labute approximate surface area is 73.7 Å². The lowest BCUT2D eigenvalue weighted by atomic mass is 10.2. The molecule has 4 nitrogen and oxygen atoms in total. The molecule has 0 aliphatic rings. The second-order valence-corrected chi connectivity index (χ2v) is 2.87. The maximum absolute atomic E-state index is 4.22. The van der Waals surface area contributed by atoms with Gasteiger partial charge in [-0.3, -0.25) is 4.98 Å². The molecule has 0 aromatic carbocycles. The standard InChI is InChI=1S/C9H6N4/c1-2-11-9-7(1)8-6(4-12-9)3-10-5-13-8/h1-5H,(H,10,13)/p+1. The molecule has 3 aromatic rings. The number of pyridine rings is 1. The van der Waals surface area contributed by atoms with Gasteiger partial charge in [0.2, 0.25) is 6.33 Å². The van der Waals surface area contributed by atoms with Gasteiger partial charge in [-0.05, 0) is 6.07 Å².